The van der Waals surface area contributed by atoms with E-state index >= 15 is 0 Å². The third-order valence-electron chi connectivity index (χ3n) is 5.39. The van der Waals surface area contributed by atoms with Crippen molar-refractivity contribution in [1.29, 1.82) is 0 Å². The summed E-state index contributed by atoms with van der Waals surface area (Å²) < 4.78 is 0.833. The summed E-state index contributed by atoms with van der Waals surface area (Å²) in [6, 6.07) is 5.29. The van der Waals surface area contributed by atoms with Crippen LogP contribution >= 0.6 is 22.1 Å². The Labute approximate surface area is 160 Å². The van der Waals surface area contributed by atoms with Crippen LogP contribution in [0.4, 0.5) is 0 Å². The topological polar surface area (TPSA) is 74.7 Å². The first-order valence-corrected chi connectivity index (χ1v) is 10.9. The summed E-state index contributed by atoms with van der Waals surface area (Å²) in [4.78, 5) is 18.7. The molecule has 2 aliphatic rings. The average molecular weight is 390 g/mol. The normalized spacial score (nSPS) is 26.3. The SMILES string of the molecule is NCC1CCCC(CC2=CS(=c3[nH]c(=O)c4ccc(Cl)cc4[nH]3)C=C2)C1. The molecule has 0 bridgehead atoms. The highest BCUT2D eigenvalue weighted by Gasteiger charge is 2.22. The summed E-state index contributed by atoms with van der Waals surface area (Å²) in [5.41, 5.74) is 7.94. The number of aromatic amines is 2. The molecule has 4 N–H and O–H groups in total. The van der Waals surface area contributed by atoms with Crippen molar-refractivity contribution in [2.24, 2.45) is 17.6 Å². The van der Waals surface area contributed by atoms with Crippen LogP contribution < -0.4 is 11.3 Å². The van der Waals surface area contributed by atoms with E-state index < -0.39 is 0 Å². The monoisotopic (exact) mass is 389 g/mol. The van der Waals surface area contributed by atoms with Crippen LogP contribution in [0.15, 0.2) is 45.5 Å². The molecule has 0 saturated heterocycles. The molecule has 2 heterocycles. The van der Waals surface area contributed by atoms with Gasteiger partial charge in [0.2, 0.25) is 0 Å². The maximum absolute atomic E-state index is 12.4. The van der Waals surface area contributed by atoms with Crippen LogP contribution in [0.1, 0.15) is 32.1 Å². The van der Waals surface area contributed by atoms with E-state index in [0.717, 1.165) is 29.2 Å². The van der Waals surface area contributed by atoms with Crippen molar-refractivity contribution in [3.63, 3.8) is 0 Å². The first-order chi connectivity index (χ1) is 12.6. The Morgan fingerprint density at radius 2 is 2.08 bits per heavy atom. The smallest absolute Gasteiger partial charge is 0.259 e. The van der Waals surface area contributed by atoms with Crippen molar-refractivity contribution in [2.45, 2.75) is 32.1 Å². The van der Waals surface area contributed by atoms with Crippen molar-refractivity contribution >= 4 is 33.0 Å². The molecule has 1 aliphatic carbocycles. The molecule has 3 unspecified atom stereocenters. The lowest BCUT2D eigenvalue weighted by Crippen LogP contribution is -2.22. The average Bonchev–Trinajstić information content (AvgIpc) is 3.10. The Morgan fingerprint density at radius 3 is 2.92 bits per heavy atom. The highest BCUT2D eigenvalue weighted by molar-refractivity contribution is 8.14. The Kier molecular flexibility index (Phi) is 5.20. The lowest BCUT2D eigenvalue weighted by molar-refractivity contribution is 0.271. The van der Waals surface area contributed by atoms with Crippen LogP contribution in [-0.4, -0.2) is 16.5 Å². The molecule has 6 heteroatoms. The van der Waals surface area contributed by atoms with Gasteiger partial charge in [-0.3, -0.25) is 4.79 Å². The van der Waals surface area contributed by atoms with Gasteiger partial charge in [0, 0.05) is 5.02 Å². The van der Waals surface area contributed by atoms with E-state index in [2.05, 4.69) is 26.9 Å². The number of halogens is 1. The highest BCUT2D eigenvalue weighted by Crippen LogP contribution is 2.37. The van der Waals surface area contributed by atoms with Crippen molar-refractivity contribution in [3.05, 3.63) is 60.8 Å². The number of aromatic nitrogens is 2. The van der Waals surface area contributed by atoms with Gasteiger partial charge in [-0.1, -0.05) is 41.0 Å². The molecular weight excluding hydrogens is 366 g/mol. The van der Waals surface area contributed by atoms with E-state index in [4.69, 9.17) is 17.3 Å². The molecule has 1 saturated carbocycles. The van der Waals surface area contributed by atoms with Crippen LogP contribution in [-0.2, 0) is 0 Å². The second-order valence-electron chi connectivity index (χ2n) is 7.30. The number of nitrogens with two attached hydrogens (primary N) is 1. The van der Waals surface area contributed by atoms with Crippen LogP contribution in [0.5, 0.6) is 0 Å². The number of allylic oxidation sites excluding steroid dienone is 2. The van der Waals surface area contributed by atoms with E-state index in [1.807, 2.05) is 0 Å². The number of hydrogen-bond acceptors (Lipinski definition) is 2. The molecule has 0 radical (unpaired) electrons. The lowest BCUT2D eigenvalue weighted by Gasteiger charge is -2.28. The van der Waals surface area contributed by atoms with E-state index in [1.54, 1.807) is 18.2 Å². The van der Waals surface area contributed by atoms with Gasteiger partial charge in [0.15, 0.2) is 0 Å². The summed E-state index contributed by atoms with van der Waals surface area (Å²) in [7, 11) is -0.230. The van der Waals surface area contributed by atoms with Gasteiger partial charge in [-0.2, -0.15) is 0 Å². The summed E-state index contributed by atoms with van der Waals surface area (Å²) >= 11 is 6.07. The van der Waals surface area contributed by atoms with Gasteiger partial charge in [0.25, 0.3) is 5.56 Å². The highest BCUT2D eigenvalue weighted by atomic mass is 35.5. The van der Waals surface area contributed by atoms with Crippen molar-refractivity contribution < 1.29 is 0 Å². The second kappa shape index (κ2) is 7.59. The van der Waals surface area contributed by atoms with Crippen LogP contribution in [0.2, 0.25) is 5.02 Å². The molecule has 0 spiro atoms. The zero-order valence-corrected chi connectivity index (χ0v) is 16.2. The number of fused-ring (bicyclic) bond motifs is 1. The van der Waals surface area contributed by atoms with Gasteiger partial charge in [-0.25, -0.2) is 0 Å². The molecule has 4 nitrogen and oxygen atoms in total. The van der Waals surface area contributed by atoms with E-state index in [0.29, 0.717) is 16.3 Å². The van der Waals surface area contributed by atoms with Gasteiger partial charge < -0.3 is 15.7 Å². The second-order valence-corrected chi connectivity index (χ2v) is 9.40. The minimum absolute atomic E-state index is 0.0776. The number of hydrogen-bond donors (Lipinski definition) is 3. The van der Waals surface area contributed by atoms with Gasteiger partial charge in [-0.15, -0.1) is 0 Å². The molecule has 0 amide bonds. The minimum Gasteiger partial charge on any atom is -0.336 e. The van der Waals surface area contributed by atoms with Crippen molar-refractivity contribution in [1.82, 2.24) is 9.97 Å². The number of rotatable bonds is 3. The molecule has 1 fully saturated rings. The standard InChI is InChI=1S/C20H24ClN3OS/c21-16-4-5-17-18(10-16)23-20(24-19(17)25)26-7-6-15(12-26)9-13-2-1-3-14(8-13)11-22/h4-7,10,12-14,23H,1-3,8-9,11,22H2,(H,24,25). The largest absolute Gasteiger partial charge is 0.336 e. The summed E-state index contributed by atoms with van der Waals surface area (Å²) in [5, 5.41) is 5.71. The molecule has 1 aromatic heterocycles. The van der Waals surface area contributed by atoms with Crippen molar-refractivity contribution in [2.75, 3.05) is 6.54 Å². The van der Waals surface area contributed by atoms with Gasteiger partial charge in [0.05, 0.1) is 10.9 Å². The van der Waals surface area contributed by atoms with E-state index in [-0.39, 0.29) is 16.0 Å². The van der Waals surface area contributed by atoms with Crippen LogP contribution in [0.3, 0.4) is 0 Å². The molecule has 4 rings (SSSR count). The molecule has 1 aliphatic heterocycles. The fraction of sp³-hybridized carbons (Fsp3) is 0.400. The fourth-order valence-corrected chi connectivity index (χ4v) is 5.81. The Balaban J connectivity index is 1.63. The molecule has 3 atom stereocenters. The van der Waals surface area contributed by atoms with Crippen molar-refractivity contribution in [3.8, 4) is 0 Å². The third kappa shape index (κ3) is 3.75. The maximum atomic E-state index is 12.4. The third-order valence-corrected chi connectivity index (χ3v) is 7.29. The fourth-order valence-electron chi connectivity index (χ4n) is 4.04. The molecular formula is C20H24ClN3OS. The molecule has 26 heavy (non-hydrogen) atoms. The van der Waals surface area contributed by atoms with E-state index in [9.17, 15) is 4.79 Å². The first-order valence-electron chi connectivity index (χ1n) is 9.18. The number of nitrogens with one attached hydrogen (secondary N) is 2. The Hall–Kier alpha value is -1.56. The predicted octanol–water partition coefficient (Wildman–Crippen LogP) is 4.88. The van der Waals surface area contributed by atoms with Gasteiger partial charge in [0.1, 0.15) is 4.77 Å². The van der Waals surface area contributed by atoms with Crippen LogP contribution in [0, 0.1) is 16.6 Å². The minimum atomic E-state index is -0.230. The molecule has 138 valence electrons. The lowest BCUT2D eigenvalue weighted by atomic mass is 9.79. The Morgan fingerprint density at radius 1 is 1.23 bits per heavy atom. The quantitative estimate of drug-likeness (QED) is 0.654. The first kappa shape index (κ1) is 17.8. The maximum Gasteiger partial charge on any atom is 0.259 e. The zero-order chi connectivity index (χ0) is 18.1. The molecule has 2 aromatic rings. The zero-order valence-electron chi connectivity index (χ0n) is 14.6. The van der Waals surface area contributed by atoms with Gasteiger partial charge in [-0.05, 0) is 72.2 Å². The van der Waals surface area contributed by atoms with Gasteiger partial charge >= 0.3 is 0 Å². The summed E-state index contributed by atoms with van der Waals surface area (Å²) in [6.07, 6.45) is 8.44. The number of benzene rings is 1. The number of H-pyrrole nitrogens is 2. The van der Waals surface area contributed by atoms with E-state index in [1.165, 1.54) is 31.3 Å². The summed E-state index contributed by atoms with van der Waals surface area (Å²) in [6.45, 7) is 0.811. The molecule has 1 aromatic carbocycles. The van der Waals surface area contributed by atoms with Crippen LogP contribution in [0.25, 0.3) is 10.9 Å². The predicted molar refractivity (Wildman–Crippen MR) is 111 cm³/mol. The Bertz CT molecular complexity index is 1020. The summed E-state index contributed by atoms with van der Waals surface area (Å²) in [5.74, 6) is 1.42.